The van der Waals surface area contributed by atoms with Crippen LogP contribution in [-0.4, -0.2) is 36.9 Å². The van der Waals surface area contributed by atoms with Gasteiger partial charge in [0.15, 0.2) is 0 Å². The first-order valence-corrected chi connectivity index (χ1v) is 6.49. The third kappa shape index (κ3) is 4.90. The lowest BCUT2D eigenvalue weighted by atomic mass is 10.2. The van der Waals surface area contributed by atoms with E-state index in [2.05, 4.69) is 29.0 Å². The van der Waals surface area contributed by atoms with Gasteiger partial charge in [-0.15, -0.1) is 0 Å². The van der Waals surface area contributed by atoms with Crippen molar-refractivity contribution in [1.82, 2.24) is 4.90 Å². The van der Waals surface area contributed by atoms with Crippen molar-refractivity contribution >= 4 is 6.21 Å². The average Bonchev–Trinajstić information content (AvgIpc) is 2.72. The lowest BCUT2D eigenvalue weighted by Gasteiger charge is -2.20. The molecule has 0 bridgehead atoms. The van der Waals surface area contributed by atoms with Crippen LogP contribution in [0.5, 0.6) is 0 Å². The van der Waals surface area contributed by atoms with Gasteiger partial charge in [0.1, 0.15) is 6.17 Å². The molecule has 0 saturated carbocycles. The van der Waals surface area contributed by atoms with Crippen molar-refractivity contribution in [3.05, 3.63) is 12.2 Å². The minimum absolute atomic E-state index is 0.339. The third-order valence-electron chi connectivity index (χ3n) is 2.92. The number of nitrogens with two attached hydrogens (primary N) is 1. The Morgan fingerprint density at radius 2 is 2.31 bits per heavy atom. The zero-order valence-electron chi connectivity index (χ0n) is 10.4. The van der Waals surface area contributed by atoms with Crippen molar-refractivity contribution in [2.45, 2.75) is 45.2 Å². The maximum atomic E-state index is 5.57. The standard InChI is InChI=1S/C13H25N3/c1-2-3-4-5-6-7-8-13-15-10-12-16(13)11-9-14/h6-7,10,13H,2-5,8-9,11-12,14H2,1H3/b7-6+. The molecule has 0 aromatic rings. The number of allylic oxidation sites excluding steroid dienone is 1. The predicted octanol–water partition coefficient (Wildman–Crippen LogP) is 2.18. The van der Waals surface area contributed by atoms with Gasteiger partial charge in [-0.3, -0.25) is 9.89 Å². The molecule has 2 N–H and O–H groups in total. The Bertz CT molecular complexity index is 223. The molecule has 1 atom stereocenters. The number of nitrogens with zero attached hydrogens (tertiary/aromatic N) is 2. The topological polar surface area (TPSA) is 41.6 Å². The zero-order chi connectivity index (χ0) is 11.6. The van der Waals surface area contributed by atoms with E-state index < -0.39 is 0 Å². The molecular weight excluding hydrogens is 198 g/mol. The second-order valence-corrected chi connectivity index (χ2v) is 4.30. The fraction of sp³-hybridized carbons (Fsp3) is 0.769. The Morgan fingerprint density at radius 3 is 3.06 bits per heavy atom. The first-order chi connectivity index (χ1) is 7.88. The van der Waals surface area contributed by atoms with Gasteiger partial charge in [0.05, 0.1) is 0 Å². The predicted molar refractivity (Wildman–Crippen MR) is 70.8 cm³/mol. The van der Waals surface area contributed by atoms with Crippen LogP contribution in [0.4, 0.5) is 0 Å². The van der Waals surface area contributed by atoms with Crippen LogP contribution >= 0.6 is 0 Å². The monoisotopic (exact) mass is 223 g/mol. The minimum atomic E-state index is 0.339. The van der Waals surface area contributed by atoms with Crippen LogP contribution in [0.1, 0.15) is 39.0 Å². The molecule has 1 rings (SSSR count). The van der Waals surface area contributed by atoms with Gasteiger partial charge in [-0.05, 0) is 12.8 Å². The van der Waals surface area contributed by atoms with Crippen molar-refractivity contribution in [2.75, 3.05) is 19.6 Å². The third-order valence-corrected chi connectivity index (χ3v) is 2.92. The Balaban J connectivity index is 2.13. The van der Waals surface area contributed by atoms with Crippen LogP contribution in [0.3, 0.4) is 0 Å². The first-order valence-electron chi connectivity index (χ1n) is 6.49. The largest absolute Gasteiger partial charge is 0.329 e. The molecule has 0 aromatic heterocycles. The van der Waals surface area contributed by atoms with E-state index in [-0.39, 0.29) is 0 Å². The summed E-state index contributed by atoms with van der Waals surface area (Å²) in [6.07, 6.45) is 13.1. The number of hydrogen-bond donors (Lipinski definition) is 1. The van der Waals surface area contributed by atoms with Gasteiger partial charge in [0.2, 0.25) is 0 Å². The summed E-state index contributed by atoms with van der Waals surface area (Å²) in [5, 5.41) is 0. The van der Waals surface area contributed by atoms with Gasteiger partial charge < -0.3 is 5.73 Å². The molecule has 0 saturated heterocycles. The van der Waals surface area contributed by atoms with Gasteiger partial charge in [-0.2, -0.15) is 0 Å². The lowest BCUT2D eigenvalue weighted by Crippen LogP contribution is -2.34. The molecule has 0 aliphatic carbocycles. The highest BCUT2D eigenvalue weighted by molar-refractivity contribution is 5.62. The van der Waals surface area contributed by atoms with Crippen LogP contribution in [0.15, 0.2) is 17.1 Å². The average molecular weight is 223 g/mol. The van der Waals surface area contributed by atoms with E-state index >= 15 is 0 Å². The van der Waals surface area contributed by atoms with Crippen molar-refractivity contribution in [3.63, 3.8) is 0 Å². The summed E-state index contributed by atoms with van der Waals surface area (Å²) < 4.78 is 0. The fourth-order valence-electron chi connectivity index (χ4n) is 1.95. The smallest absolute Gasteiger partial charge is 0.105 e. The SMILES string of the molecule is CCCCC/C=C/CC1N=CCN1CCN. The molecule has 0 radical (unpaired) electrons. The Hall–Kier alpha value is -0.670. The molecule has 3 heteroatoms. The normalized spacial score (nSPS) is 21.2. The molecule has 1 aliphatic rings. The van der Waals surface area contributed by atoms with E-state index in [9.17, 15) is 0 Å². The molecule has 0 aromatic carbocycles. The number of aliphatic imine (C=N–C) groups is 1. The summed E-state index contributed by atoms with van der Waals surface area (Å²) in [6.45, 7) is 4.88. The summed E-state index contributed by atoms with van der Waals surface area (Å²) in [5.74, 6) is 0. The minimum Gasteiger partial charge on any atom is -0.329 e. The summed E-state index contributed by atoms with van der Waals surface area (Å²) in [6, 6.07) is 0. The number of hydrogen-bond acceptors (Lipinski definition) is 3. The number of unbranched alkanes of at least 4 members (excludes halogenated alkanes) is 3. The molecule has 1 heterocycles. The van der Waals surface area contributed by atoms with Gasteiger partial charge in [-0.1, -0.05) is 31.9 Å². The summed E-state index contributed by atoms with van der Waals surface area (Å²) in [7, 11) is 0. The van der Waals surface area contributed by atoms with Crippen molar-refractivity contribution < 1.29 is 0 Å². The highest BCUT2D eigenvalue weighted by Gasteiger charge is 2.18. The lowest BCUT2D eigenvalue weighted by molar-refractivity contribution is 0.259. The van der Waals surface area contributed by atoms with E-state index in [4.69, 9.17) is 5.73 Å². The van der Waals surface area contributed by atoms with E-state index in [0.717, 1.165) is 26.1 Å². The van der Waals surface area contributed by atoms with Crippen LogP contribution in [0.2, 0.25) is 0 Å². The molecule has 0 amide bonds. The van der Waals surface area contributed by atoms with Crippen LogP contribution in [0.25, 0.3) is 0 Å². The van der Waals surface area contributed by atoms with Gasteiger partial charge in [0.25, 0.3) is 0 Å². The molecule has 92 valence electrons. The Morgan fingerprint density at radius 1 is 1.44 bits per heavy atom. The van der Waals surface area contributed by atoms with E-state index in [1.54, 1.807) is 0 Å². The van der Waals surface area contributed by atoms with E-state index in [0.29, 0.717) is 6.17 Å². The van der Waals surface area contributed by atoms with Gasteiger partial charge >= 0.3 is 0 Å². The van der Waals surface area contributed by atoms with Crippen molar-refractivity contribution in [2.24, 2.45) is 10.7 Å². The van der Waals surface area contributed by atoms with Crippen LogP contribution in [-0.2, 0) is 0 Å². The number of rotatable bonds is 8. The Labute approximate surface area is 99.4 Å². The molecule has 1 aliphatic heterocycles. The molecule has 3 nitrogen and oxygen atoms in total. The van der Waals surface area contributed by atoms with Gasteiger partial charge in [0, 0.05) is 32.3 Å². The highest BCUT2D eigenvalue weighted by atomic mass is 15.3. The van der Waals surface area contributed by atoms with E-state index in [1.807, 2.05) is 6.21 Å². The second-order valence-electron chi connectivity index (χ2n) is 4.30. The summed E-state index contributed by atoms with van der Waals surface area (Å²) in [5.41, 5.74) is 5.57. The summed E-state index contributed by atoms with van der Waals surface area (Å²) >= 11 is 0. The second kappa shape index (κ2) is 8.48. The highest BCUT2D eigenvalue weighted by Crippen LogP contribution is 2.11. The maximum absolute atomic E-state index is 5.57. The van der Waals surface area contributed by atoms with E-state index in [1.165, 1.54) is 25.7 Å². The maximum Gasteiger partial charge on any atom is 0.105 e. The quantitative estimate of drug-likeness (QED) is 0.506. The molecule has 16 heavy (non-hydrogen) atoms. The summed E-state index contributed by atoms with van der Waals surface area (Å²) in [4.78, 5) is 6.79. The first kappa shape index (κ1) is 13.4. The van der Waals surface area contributed by atoms with Crippen molar-refractivity contribution in [1.29, 1.82) is 0 Å². The van der Waals surface area contributed by atoms with Gasteiger partial charge in [-0.25, -0.2) is 0 Å². The molecular formula is C13H25N3. The fourth-order valence-corrected chi connectivity index (χ4v) is 1.95. The zero-order valence-corrected chi connectivity index (χ0v) is 10.4. The van der Waals surface area contributed by atoms with Crippen LogP contribution in [0, 0.1) is 0 Å². The van der Waals surface area contributed by atoms with Crippen LogP contribution < -0.4 is 5.73 Å². The van der Waals surface area contributed by atoms with Crippen molar-refractivity contribution in [3.8, 4) is 0 Å². The Kier molecular flexibility index (Phi) is 7.10. The molecule has 0 fully saturated rings. The molecule has 1 unspecified atom stereocenters. The molecule has 0 spiro atoms.